The van der Waals surface area contributed by atoms with Gasteiger partial charge in [0, 0.05) is 11.8 Å². The van der Waals surface area contributed by atoms with Gasteiger partial charge in [0.25, 0.3) is 0 Å². The Kier molecular flexibility index (Phi) is 3.45. The second-order valence-corrected chi connectivity index (χ2v) is 5.69. The van der Waals surface area contributed by atoms with Crippen LogP contribution in [0.2, 0.25) is 0 Å². The van der Waals surface area contributed by atoms with Crippen LogP contribution in [0, 0.1) is 17.8 Å². The molecule has 1 saturated carbocycles. The number of ether oxygens (including phenoxy) is 2. The normalized spacial score (nSPS) is 26.6. The van der Waals surface area contributed by atoms with Crippen molar-refractivity contribution in [2.45, 2.75) is 19.8 Å². The molecule has 3 atom stereocenters. The molecular weight excluding hydrogens is 274 g/mol. The molecule has 1 amide bonds. The third-order valence-corrected chi connectivity index (χ3v) is 4.09. The number of carboxylic acids is 1. The van der Waals surface area contributed by atoms with Crippen molar-refractivity contribution < 1.29 is 24.2 Å². The van der Waals surface area contributed by atoms with E-state index in [2.05, 4.69) is 5.32 Å². The third kappa shape index (κ3) is 2.66. The van der Waals surface area contributed by atoms with E-state index in [0.29, 0.717) is 30.0 Å². The van der Waals surface area contributed by atoms with Crippen LogP contribution in [0.15, 0.2) is 18.2 Å². The van der Waals surface area contributed by atoms with Gasteiger partial charge in [-0.25, -0.2) is 0 Å². The van der Waals surface area contributed by atoms with Gasteiger partial charge in [0.15, 0.2) is 11.5 Å². The van der Waals surface area contributed by atoms with Gasteiger partial charge in [-0.1, -0.05) is 6.92 Å². The quantitative estimate of drug-likeness (QED) is 0.890. The first-order valence-electron chi connectivity index (χ1n) is 6.98. The smallest absolute Gasteiger partial charge is 0.307 e. The van der Waals surface area contributed by atoms with E-state index < -0.39 is 17.8 Å². The molecule has 1 aromatic carbocycles. The molecule has 0 radical (unpaired) electrons. The number of carbonyl (C=O) groups excluding carboxylic acids is 1. The number of carbonyl (C=O) groups is 2. The fourth-order valence-corrected chi connectivity index (χ4v) is 3.06. The summed E-state index contributed by atoms with van der Waals surface area (Å²) in [6, 6.07) is 5.14. The first-order valence-corrected chi connectivity index (χ1v) is 6.98. The fourth-order valence-electron chi connectivity index (χ4n) is 3.06. The van der Waals surface area contributed by atoms with Gasteiger partial charge in [0.1, 0.15) is 0 Å². The van der Waals surface area contributed by atoms with Crippen molar-refractivity contribution in [1.82, 2.24) is 0 Å². The Balaban J connectivity index is 1.72. The summed E-state index contributed by atoms with van der Waals surface area (Å²) in [5, 5.41) is 12.0. The van der Waals surface area contributed by atoms with Crippen LogP contribution >= 0.6 is 0 Å². The molecule has 112 valence electrons. The molecule has 0 aromatic heterocycles. The zero-order chi connectivity index (χ0) is 15.0. The van der Waals surface area contributed by atoms with E-state index in [1.807, 2.05) is 6.92 Å². The Morgan fingerprint density at radius 2 is 1.90 bits per heavy atom. The summed E-state index contributed by atoms with van der Waals surface area (Å²) in [5.74, 6) is -0.750. The zero-order valence-electron chi connectivity index (χ0n) is 11.7. The molecule has 0 bridgehead atoms. The molecule has 0 saturated heterocycles. The molecule has 2 aliphatic rings. The summed E-state index contributed by atoms with van der Waals surface area (Å²) in [6.45, 7) is 2.15. The molecule has 21 heavy (non-hydrogen) atoms. The van der Waals surface area contributed by atoms with Crippen LogP contribution in [0.25, 0.3) is 0 Å². The number of fused-ring (bicyclic) bond motifs is 1. The van der Waals surface area contributed by atoms with Crippen molar-refractivity contribution in [3.63, 3.8) is 0 Å². The second-order valence-electron chi connectivity index (χ2n) is 5.69. The number of amides is 1. The molecule has 1 aliphatic heterocycles. The standard InChI is InChI=1S/C15H17NO5/c1-8-4-10(11(5-8)15(18)19)14(17)16-9-2-3-12-13(6-9)21-7-20-12/h2-3,6,8,10-11H,4-5,7H2,1H3,(H,16,17)(H,18,19). The van der Waals surface area contributed by atoms with Gasteiger partial charge < -0.3 is 19.9 Å². The minimum Gasteiger partial charge on any atom is -0.481 e. The molecule has 1 fully saturated rings. The Morgan fingerprint density at radius 3 is 2.67 bits per heavy atom. The lowest BCUT2D eigenvalue weighted by Crippen LogP contribution is -2.29. The molecule has 3 rings (SSSR count). The Morgan fingerprint density at radius 1 is 1.19 bits per heavy atom. The van der Waals surface area contributed by atoms with E-state index in [9.17, 15) is 14.7 Å². The highest BCUT2D eigenvalue weighted by Gasteiger charge is 2.41. The first-order chi connectivity index (χ1) is 10.0. The zero-order valence-corrected chi connectivity index (χ0v) is 11.7. The van der Waals surface area contributed by atoms with Crippen molar-refractivity contribution in [2.75, 3.05) is 12.1 Å². The Bertz CT molecular complexity index is 585. The fraction of sp³-hybridized carbons (Fsp3) is 0.467. The summed E-state index contributed by atoms with van der Waals surface area (Å²) in [7, 11) is 0. The highest BCUT2D eigenvalue weighted by atomic mass is 16.7. The lowest BCUT2D eigenvalue weighted by atomic mass is 9.95. The lowest BCUT2D eigenvalue weighted by Gasteiger charge is -2.15. The Labute approximate surface area is 122 Å². The number of aliphatic carboxylic acids is 1. The summed E-state index contributed by atoms with van der Waals surface area (Å²) in [6.07, 6.45) is 1.15. The summed E-state index contributed by atoms with van der Waals surface area (Å²) in [5.41, 5.74) is 0.591. The minimum atomic E-state index is -0.898. The van der Waals surface area contributed by atoms with Gasteiger partial charge in [0.2, 0.25) is 12.7 Å². The third-order valence-electron chi connectivity index (χ3n) is 4.09. The van der Waals surface area contributed by atoms with Crippen LogP contribution in [0.3, 0.4) is 0 Å². The van der Waals surface area contributed by atoms with Crippen molar-refractivity contribution in [3.05, 3.63) is 18.2 Å². The Hall–Kier alpha value is -2.24. The van der Waals surface area contributed by atoms with Crippen LogP contribution in [-0.2, 0) is 9.59 Å². The first kappa shape index (κ1) is 13.7. The highest BCUT2D eigenvalue weighted by Crippen LogP contribution is 2.38. The van der Waals surface area contributed by atoms with Crippen LogP contribution in [-0.4, -0.2) is 23.8 Å². The maximum Gasteiger partial charge on any atom is 0.307 e. The van der Waals surface area contributed by atoms with E-state index in [0.717, 1.165) is 0 Å². The van der Waals surface area contributed by atoms with Crippen LogP contribution in [0.5, 0.6) is 11.5 Å². The van der Waals surface area contributed by atoms with Gasteiger partial charge in [-0.15, -0.1) is 0 Å². The minimum absolute atomic E-state index is 0.175. The summed E-state index contributed by atoms with van der Waals surface area (Å²) < 4.78 is 10.5. The predicted molar refractivity (Wildman–Crippen MR) is 74.2 cm³/mol. The largest absolute Gasteiger partial charge is 0.481 e. The molecule has 6 heteroatoms. The monoisotopic (exact) mass is 291 g/mol. The van der Waals surface area contributed by atoms with E-state index in [1.165, 1.54) is 0 Å². The maximum absolute atomic E-state index is 12.3. The molecular formula is C15H17NO5. The topological polar surface area (TPSA) is 84.9 Å². The number of hydrogen-bond acceptors (Lipinski definition) is 4. The molecule has 0 spiro atoms. The van der Waals surface area contributed by atoms with Gasteiger partial charge >= 0.3 is 5.97 Å². The molecule has 1 heterocycles. The number of hydrogen-bond donors (Lipinski definition) is 2. The number of nitrogens with one attached hydrogen (secondary N) is 1. The number of rotatable bonds is 3. The molecule has 3 unspecified atom stereocenters. The average Bonchev–Trinajstić information content (AvgIpc) is 3.04. The maximum atomic E-state index is 12.3. The van der Waals surface area contributed by atoms with E-state index >= 15 is 0 Å². The van der Waals surface area contributed by atoms with Gasteiger partial charge in [-0.05, 0) is 30.9 Å². The SMILES string of the molecule is CC1CC(C(=O)O)C(C(=O)Nc2ccc3c(c2)OCO3)C1. The van der Waals surface area contributed by atoms with Gasteiger partial charge in [0.05, 0.1) is 11.8 Å². The van der Waals surface area contributed by atoms with Gasteiger partial charge in [-0.2, -0.15) is 0 Å². The van der Waals surface area contributed by atoms with Crippen molar-refractivity contribution in [1.29, 1.82) is 0 Å². The average molecular weight is 291 g/mol. The molecule has 1 aromatic rings. The van der Waals surface area contributed by atoms with E-state index in [-0.39, 0.29) is 18.6 Å². The van der Waals surface area contributed by atoms with Crippen molar-refractivity contribution in [3.8, 4) is 11.5 Å². The van der Waals surface area contributed by atoms with Crippen LogP contribution in [0.4, 0.5) is 5.69 Å². The number of carboxylic acid groups (broad SMARTS) is 1. The number of anilines is 1. The summed E-state index contributed by atoms with van der Waals surface area (Å²) >= 11 is 0. The predicted octanol–water partition coefficient (Wildman–Crippen LogP) is 2.10. The molecule has 6 nitrogen and oxygen atoms in total. The molecule has 1 aliphatic carbocycles. The van der Waals surface area contributed by atoms with Gasteiger partial charge in [-0.3, -0.25) is 9.59 Å². The van der Waals surface area contributed by atoms with Crippen LogP contribution < -0.4 is 14.8 Å². The summed E-state index contributed by atoms with van der Waals surface area (Å²) in [4.78, 5) is 23.6. The molecule has 2 N–H and O–H groups in total. The van der Waals surface area contributed by atoms with E-state index in [1.54, 1.807) is 18.2 Å². The number of benzene rings is 1. The van der Waals surface area contributed by atoms with Crippen LogP contribution in [0.1, 0.15) is 19.8 Å². The van der Waals surface area contributed by atoms with Crippen molar-refractivity contribution >= 4 is 17.6 Å². The highest BCUT2D eigenvalue weighted by molar-refractivity contribution is 5.95. The van der Waals surface area contributed by atoms with Crippen molar-refractivity contribution in [2.24, 2.45) is 17.8 Å². The van der Waals surface area contributed by atoms with E-state index in [4.69, 9.17) is 9.47 Å². The second kappa shape index (κ2) is 5.27. The lowest BCUT2D eigenvalue weighted by molar-refractivity contribution is -0.145.